The predicted octanol–water partition coefficient (Wildman–Crippen LogP) is 15.4. The molecule has 5 aliphatic rings. The summed E-state index contributed by atoms with van der Waals surface area (Å²) in [5.74, 6) is 0.771. The van der Waals surface area contributed by atoms with Gasteiger partial charge in [-0.2, -0.15) is 0 Å². The Morgan fingerprint density at radius 2 is 1.27 bits per heavy atom. The number of para-hydroxylation sites is 1. The van der Waals surface area contributed by atoms with E-state index in [0.29, 0.717) is 17.9 Å². The van der Waals surface area contributed by atoms with Crippen LogP contribution in [0.15, 0.2) is 200 Å². The van der Waals surface area contributed by atoms with Gasteiger partial charge in [-0.15, -0.1) is 0 Å². The molecule has 3 unspecified atom stereocenters. The van der Waals surface area contributed by atoms with Gasteiger partial charge in [0.2, 0.25) is 0 Å². The maximum atomic E-state index is 2.60. The molecule has 0 spiro atoms. The topological polar surface area (TPSA) is 3.24 Å². The minimum atomic E-state index is 0.301. The molecule has 59 heavy (non-hydrogen) atoms. The summed E-state index contributed by atoms with van der Waals surface area (Å²) in [6.45, 7) is 0. The predicted molar refractivity (Wildman–Crippen MR) is 250 cm³/mol. The van der Waals surface area contributed by atoms with Crippen LogP contribution in [0.4, 0.5) is 11.4 Å². The van der Waals surface area contributed by atoms with Crippen LogP contribution in [-0.4, -0.2) is 0 Å². The van der Waals surface area contributed by atoms with Gasteiger partial charge in [0.15, 0.2) is 0 Å². The summed E-state index contributed by atoms with van der Waals surface area (Å²) in [5.41, 5.74) is 19.1. The van der Waals surface area contributed by atoms with Gasteiger partial charge in [0, 0.05) is 28.8 Å². The van der Waals surface area contributed by atoms with Crippen LogP contribution in [0.2, 0.25) is 0 Å². The Morgan fingerprint density at radius 3 is 2.12 bits per heavy atom. The molecule has 0 fully saturated rings. The van der Waals surface area contributed by atoms with Crippen LogP contribution in [0.5, 0.6) is 0 Å². The summed E-state index contributed by atoms with van der Waals surface area (Å²) in [4.78, 5) is 2.60. The standard InChI is InChI=1S/C58H45N/c1-3-13-38(14-4-1)40-23-27-42(28-24-40)57-49-20-10-11-21-50(49)58(43-29-25-41(26-30-43)39-15-5-2-6-16-39)53-36-44(31-33-51(53)57)45-32-34-55-52(35-45)47-18-8-9-19-48(47)56-37-46-17-7-12-22-54(46)59(55)56/h1-13,15-25,27,29,31-36,38,42,56H,14,26,28,30,37H2. The maximum absolute atomic E-state index is 2.60. The van der Waals surface area contributed by atoms with E-state index in [1.807, 2.05) is 0 Å². The third-order valence-electron chi connectivity index (χ3n) is 13.8. The van der Waals surface area contributed by atoms with Crippen molar-refractivity contribution in [1.29, 1.82) is 0 Å². The highest BCUT2D eigenvalue weighted by Gasteiger charge is 2.37. The van der Waals surface area contributed by atoms with E-state index in [-0.39, 0.29) is 0 Å². The van der Waals surface area contributed by atoms with Crippen molar-refractivity contribution in [1.82, 2.24) is 0 Å². The van der Waals surface area contributed by atoms with E-state index in [1.165, 1.54) is 99.7 Å². The van der Waals surface area contributed by atoms with E-state index >= 15 is 0 Å². The van der Waals surface area contributed by atoms with Gasteiger partial charge in [-0.05, 0) is 139 Å². The second kappa shape index (κ2) is 14.0. The molecule has 7 aromatic carbocycles. The molecular weight excluding hydrogens is 711 g/mol. The largest absolute Gasteiger partial charge is 0.333 e. The van der Waals surface area contributed by atoms with Crippen LogP contribution < -0.4 is 4.90 Å². The molecule has 282 valence electrons. The van der Waals surface area contributed by atoms with E-state index in [2.05, 4.69) is 199 Å². The van der Waals surface area contributed by atoms with Crippen LogP contribution in [0.25, 0.3) is 54.9 Å². The molecule has 2 heterocycles. The summed E-state index contributed by atoms with van der Waals surface area (Å²) >= 11 is 0. The molecule has 3 atom stereocenters. The number of anilines is 2. The van der Waals surface area contributed by atoms with Gasteiger partial charge >= 0.3 is 0 Å². The van der Waals surface area contributed by atoms with Gasteiger partial charge in [0.05, 0.1) is 6.04 Å². The van der Waals surface area contributed by atoms with E-state index in [9.17, 15) is 0 Å². The molecule has 0 N–H and O–H groups in total. The summed E-state index contributed by atoms with van der Waals surface area (Å²) in [6.07, 6.45) is 26.4. The number of hydrogen-bond acceptors (Lipinski definition) is 1. The van der Waals surface area contributed by atoms with E-state index in [0.717, 1.165) is 32.1 Å². The Kier molecular flexibility index (Phi) is 8.15. The minimum Gasteiger partial charge on any atom is -0.333 e. The fourth-order valence-electron chi connectivity index (χ4n) is 10.9. The summed E-state index contributed by atoms with van der Waals surface area (Å²) in [5, 5.41) is 5.46. The van der Waals surface area contributed by atoms with Gasteiger partial charge in [-0.1, -0.05) is 170 Å². The Bertz CT molecular complexity index is 3040. The van der Waals surface area contributed by atoms with Crippen LogP contribution in [-0.2, 0) is 6.42 Å². The Morgan fingerprint density at radius 1 is 0.508 bits per heavy atom. The van der Waals surface area contributed by atoms with Crippen molar-refractivity contribution in [3.05, 3.63) is 228 Å². The van der Waals surface area contributed by atoms with Crippen molar-refractivity contribution < 1.29 is 0 Å². The van der Waals surface area contributed by atoms with Crippen LogP contribution in [0.3, 0.4) is 0 Å². The third-order valence-corrected chi connectivity index (χ3v) is 13.8. The highest BCUT2D eigenvalue weighted by molar-refractivity contribution is 6.13. The minimum absolute atomic E-state index is 0.301. The average molecular weight is 756 g/mol. The van der Waals surface area contributed by atoms with Crippen LogP contribution in [0.1, 0.15) is 65.5 Å². The molecule has 0 radical (unpaired) electrons. The summed E-state index contributed by atoms with van der Waals surface area (Å²) in [7, 11) is 0. The molecule has 12 rings (SSSR count). The number of benzene rings is 7. The summed E-state index contributed by atoms with van der Waals surface area (Å²) in [6, 6.07) is 53.1. The highest BCUT2D eigenvalue weighted by Crippen LogP contribution is 2.55. The van der Waals surface area contributed by atoms with Crippen molar-refractivity contribution in [3.63, 3.8) is 0 Å². The normalized spacial score (nSPS) is 20.1. The molecule has 3 aliphatic carbocycles. The highest BCUT2D eigenvalue weighted by atomic mass is 15.2. The van der Waals surface area contributed by atoms with E-state index in [4.69, 9.17) is 0 Å². The maximum Gasteiger partial charge on any atom is 0.0639 e. The van der Waals surface area contributed by atoms with E-state index in [1.54, 1.807) is 0 Å². The van der Waals surface area contributed by atoms with Crippen LogP contribution in [0, 0.1) is 5.92 Å². The van der Waals surface area contributed by atoms with Crippen molar-refractivity contribution in [2.24, 2.45) is 5.92 Å². The molecule has 2 aliphatic heterocycles. The number of rotatable bonds is 5. The Balaban J connectivity index is 1.03. The molecule has 0 aromatic heterocycles. The van der Waals surface area contributed by atoms with E-state index < -0.39 is 0 Å². The molecule has 7 aromatic rings. The van der Waals surface area contributed by atoms with Gasteiger partial charge in [0.25, 0.3) is 0 Å². The molecule has 0 saturated heterocycles. The van der Waals surface area contributed by atoms with Gasteiger partial charge in [0.1, 0.15) is 0 Å². The fraction of sp³-hybridized carbons (Fsp3) is 0.138. The molecule has 1 nitrogen and oxygen atoms in total. The van der Waals surface area contributed by atoms with Gasteiger partial charge in [-0.25, -0.2) is 0 Å². The first-order valence-electron chi connectivity index (χ1n) is 21.5. The number of nitrogens with zero attached hydrogens (tertiary/aromatic N) is 1. The molecular formula is C58H45N. The lowest BCUT2D eigenvalue weighted by molar-refractivity contribution is 0.737. The second-order valence-electron chi connectivity index (χ2n) is 16.9. The first-order chi connectivity index (χ1) is 29.3. The lowest BCUT2D eigenvalue weighted by Crippen LogP contribution is -2.24. The van der Waals surface area contributed by atoms with Crippen molar-refractivity contribution in [3.8, 4) is 22.3 Å². The van der Waals surface area contributed by atoms with Crippen LogP contribution >= 0.6 is 0 Å². The Labute approximate surface area is 347 Å². The molecule has 0 saturated carbocycles. The Hall–Kier alpha value is -6.70. The molecule has 0 amide bonds. The number of hydrogen-bond donors (Lipinski definition) is 0. The van der Waals surface area contributed by atoms with Gasteiger partial charge < -0.3 is 4.90 Å². The first-order valence-corrected chi connectivity index (χ1v) is 21.5. The smallest absolute Gasteiger partial charge is 0.0639 e. The zero-order valence-corrected chi connectivity index (χ0v) is 33.2. The molecule has 1 heteroatoms. The van der Waals surface area contributed by atoms with Gasteiger partial charge in [-0.3, -0.25) is 0 Å². The fourth-order valence-corrected chi connectivity index (χ4v) is 10.9. The lowest BCUT2D eigenvalue weighted by Gasteiger charge is -2.36. The average Bonchev–Trinajstić information content (AvgIpc) is 3.71. The quantitative estimate of drug-likeness (QED) is 0.158. The summed E-state index contributed by atoms with van der Waals surface area (Å²) < 4.78 is 0. The van der Waals surface area contributed by atoms with Crippen molar-refractivity contribution in [2.75, 3.05) is 4.90 Å². The zero-order valence-electron chi connectivity index (χ0n) is 33.2. The van der Waals surface area contributed by atoms with Crippen molar-refractivity contribution in [2.45, 2.75) is 44.1 Å². The number of allylic oxidation sites excluding steroid dienone is 12. The molecule has 0 bridgehead atoms. The first kappa shape index (κ1) is 34.4. The SMILES string of the molecule is C1=CCC(C2=CCC(c3c4ccccc4c(C4=CC=C(c5ccccc5)CC4)c4cc(-c5ccc6c(c5)-c5ccccc5C5Cc7ccccc7N65)ccc34)C=C2)C=C1. The number of fused-ring (bicyclic) bond motifs is 10. The lowest BCUT2D eigenvalue weighted by atomic mass is 9.77. The monoisotopic (exact) mass is 755 g/mol. The van der Waals surface area contributed by atoms with Crippen molar-refractivity contribution >= 4 is 44.1 Å². The second-order valence-corrected chi connectivity index (χ2v) is 16.9. The zero-order chi connectivity index (χ0) is 38.9. The third kappa shape index (κ3) is 5.67.